The van der Waals surface area contributed by atoms with Crippen molar-refractivity contribution in [1.29, 1.82) is 0 Å². The number of rotatable bonds is 3. The van der Waals surface area contributed by atoms with E-state index in [1.165, 1.54) is 4.90 Å². The number of fused-ring (bicyclic) bond motifs is 1. The minimum atomic E-state index is -0.776. The molecule has 120 valence electrons. The van der Waals surface area contributed by atoms with Gasteiger partial charge in [-0.25, -0.2) is 10.2 Å². The number of carbonyl (C=O) groups excluding carboxylic acids is 4. The Bertz CT molecular complexity index is 557. The van der Waals surface area contributed by atoms with Gasteiger partial charge in [0.15, 0.2) is 0 Å². The Balaban J connectivity index is 2.09. The molecule has 0 unspecified atom stereocenters. The zero-order chi connectivity index (χ0) is 16.4. The quantitative estimate of drug-likeness (QED) is 0.506. The molecule has 1 heterocycles. The molecule has 9 heteroatoms. The Hall–Kier alpha value is -2.45. The molecule has 0 aromatic rings. The number of likely N-dealkylation sites (N-methyl/N-ethyl adjacent to an activating group) is 1. The maximum atomic E-state index is 12.4. The van der Waals surface area contributed by atoms with Crippen molar-refractivity contribution in [2.75, 3.05) is 20.6 Å². The van der Waals surface area contributed by atoms with Crippen molar-refractivity contribution < 1.29 is 19.2 Å². The van der Waals surface area contributed by atoms with Crippen LogP contribution in [-0.2, 0) is 14.4 Å². The molecule has 0 bridgehead atoms. The minimum absolute atomic E-state index is 0.232. The summed E-state index contributed by atoms with van der Waals surface area (Å²) in [5.74, 6) is -1.87. The second-order valence-electron chi connectivity index (χ2n) is 5.66. The molecule has 1 saturated carbocycles. The number of imide groups is 1. The number of hydrogen-bond acceptors (Lipinski definition) is 5. The van der Waals surface area contributed by atoms with E-state index in [1.54, 1.807) is 14.1 Å². The van der Waals surface area contributed by atoms with E-state index in [9.17, 15) is 19.2 Å². The average molecular weight is 309 g/mol. The molecule has 0 aromatic carbocycles. The first-order valence-electron chi connectivity index (χ1n) is 6.97. The number of primary amides is 1. The highest BCUT2D eigenvalue weighted by molar-refractivity contribution is 6.09. The second-order valence-corrected chi connectivity index (χ2v) is 5.66. The molecule has 0 aromatic heterocycles. The molecule has 22 heavy (non-hydrogen) atoms. The maximum Gasteiger partial charge on any atom is 0.332 e. The van der Waals surface area contributed by atoms with E-state index in [1.807, 2.05) is 0 Å². The van der Waals surface area contributed by atoms with Gasteiger partial charge in [0, 0.05) is 19.8 Å². The van der Waals surface area contributed by atoms with E-state index in [4.69, 9.17) is 5.73 Å². The van der Waals surface area contributed by atoms with Crippen molar-refractivity contribution in [3.05, 3.63) is 0 Å². The summed E-state index contributed by atoms with van der Waals surface area (Å²) in [5, 5.41) is 3.85. The second kappa shape index (κ2) is 6.12. The summed E-state index contributed by atoms with van der Waals surface area (Å²) >= 11 is 0. The first kappa shape index (κ1) is 15.9. The van der Waals surface area contributed by atoms with Crippen LogP contribution in [0.3, 0.4) is 0 Å². The van der Waals surface area contributed by atoms with Crippen LogP contribution >= 0.6 is 0 Å². The highest BCUT2D eigenvalue weighted by Crippen LogP contribution is 2.37. The van der Waals surface area contributed by atoms with Crippen LogP contribution in [0.15, 0.2) is 5.10 Å². The van der Waals surface area contributed by atoms with Crippen molar-refractivity contribution in [2.24, 2.45) is 22.7 Å². The maximum absolute atomic E-state index is 12.4. The fourth-order valence-corrected chi connectivity index (χ4v) is 2.75. The summed E-state index contributed by atoms with van der Waals surface area (Å²) in [6, 6.07) is -0.776. The smallest absolute Gasteiger partial charge is 0.332 e. The molecule has 0 radical (unpaired) electrons. The van der Waals surface area contributed by atoms with Gasteiger partial charge in [0.1, 0.15) is 6.54 Å². The van der Waals surface area contributed by atoms with Crippen LogP contribution in [-0.4, -0.2) is 59.9 Å². The van der Waals surface area contributed by atoms with Crippen LogP contribution in [0.25, 0.3) is 0 Å². The van der Waals surface area contributed by atoms with Crippen LogP contribution < -0.4 is 11.2 Å². The average Bonchev–Trinajstić information content (AvgIpc) is 2.69. The van der Waals surface area contributed by atoms with Crippen LogP contribution in [0, 0.1) is 11.8 Å². The van der Waals surface area contributed by atoms with Crippen molar-refractivity contribution in [3.63, 3.8) is 0 Å². The fourth-order valence-electron chi connectivity index (χ4n) is 2.75. The largest absolute Gasteiger partial charge is 0.350 e. The monoisotopic (exact) mass is 309 g/mol. The van der Waals surface area contributed by atoms with Gasteiger partial charge >= 0.3 is 6.03 Å². The van der Waals surface area contributed by atoms with E-state index in [0.717, 1.165) is 4.90 Å². The number of carbonyl (C=O) groups is 4. The molecular weight excluding hydrogens is 290 g/mol. The molecule has 9 nitrogen and oxygen atoms in total. The number of urea groups is 1. The number of nitrogens with two attached hydrogens (primary N) is 1. The summed E-state index contributed by atoms with van der Waals surface area (Å²) in [7, 11) is 3.14. The lowest BCUT2D eigenvalue weighted by Gasteiger charge is -2.21. The standard InChI is InChI=1S/C13H19N5O4/c1-17(2)10(19)6-18-11(20)8-4-3-7(15-16-13(14)22)5-9(8)12(18)21/h8-9H,3-6H2,1-2H3,(H3,14,16,22)/b15-7-/t8-,9-/m0/s1. The third kappa shape index (κ3) is 3.07. The van der Waals surface area contributed by atoms with Gasteiger partial charge in [-0.1, -0.05) is 0 Å². The Morgan fingerprint density at radius 3 is 2.55 bits per heavy atom. The number of hydrazone groups is 1. The number of nitrogens with zero attached hydrogens (tertiary/aromatic N) is 3. The van der Waals surface area contributed by atoms with E-state index >= 15 is 0 Å². The lowest BCUT2D eigenvalue weighted by molar-refractivity contribution is -0.145. The first-order valence-corrected chi connectivity index (χ1v) is 6.97. The van der Waals surface area contributed by atoms with E-state index in [-0.39, 0.29) is 24.3 Å². The number of likely N-dealkylation sites (tertiary alicyclic amines) is 1. The summed E-state index contributed by atoms with van der Waals surface area (Å²) in [6.45, 7) is -0.232. The van der Waals surface area contributed by atoms with E-state index in [0.29, 0.717) is 25.0 Å². The Labute approximate surface area is 127 Å². The van der Waals surface area contributed by atoms with Gasteiger partial charge < -0.3 is 10.6 Å². The summed E-state index contributed by atoms with van der Waals surface area (Å²) < 4.78 is 0. The van der Waals surface area contributed by atoms with Crippen molar-refractivity contribution >= 4 is 29.5 Å². The van der Waals surface area contributed by atoms with Crippen LogP contribution in [0.4, 0.5) is 4.79 Å². The number of nitrogens with one attached hydrogen (secondary N) is 1. The minimum Gasteiger partial charge on any atom is -0.350 e. The van der Waals surface area contributed by atoms with Gasteiger partial charge in [-0.15, -0.1) is 0 Å². The molecule has 2 fully saturated rings. The van der Waals surface area contributed by atoms with Gasteiger partial charge in [0.25, 0.3) is 0 Å². The SMILES string of the molecule is CN(C)C(=O)CN1C(=O)[C@H]2CC/C(=N/NC(N)=O)C[C@@H]2C1=O. The molecule has 2 atom stereocenters. The number of amides is 5. The molecular formula is C13H19N5O4. The summed E-state index contributed by atoms with van der Waals surface area (Å²) in [6.07, 6.45) is 1.28. The van der Waals surface area contributed by atoms with Crippen molar-refractivity contribution in [3.8, 4) is 0 Å². The van der Waals surface area contributed by atoms with Gasteiger partial charge in [-0.05, 0) is 19.3 Å². The highest BCUT2D eigenvalue weighted by Gasteiger charge is 2.49. The molecule has 5 amide bonds. The van der Waals surface area contributed by atoms with Crippen LogP contribution in [0.1, 0.15) is 19.3 Å². The van der Waals surface area contributed by atoms with E-state index in [2.05, 4.69) is 10.5 Å². The lowest BCUT2D eigenvalue weighted by atomic mass is 9.80. The van der Waals surface area contributed by atoms with Gasteiger partial charge in [-0.2, -0.15) is 5.10 Å². The molecule has 0 spiro atoms. The summed E-state index contributed by atoms with van der Waals surface area (Å²) in [4.78, 5) is 49.4. The third-order valence-electron chi connectivity index (χ3n) is 3.97. The molecule has 1 aliphatic heterocycles. The number of hydrogen-bond donors (Lipinski definition) is 2. The Morgan fingerprint density at radius 1 is 1.32 bits per heavy atom. The molecule has 3 N–H and O–H groups in total. The normalized spacial score (nSPS) is 26.1. The van der Waals surface area contributed by atoms with Gasteiger partial charge in [0.05, 0.1) is 11.8 Å². The fraction of sp³-hybridized carbons (Fsp3) is 0.615. The zero-order valence-electron chi connectivity index (χ0n) is 12.5. The third-order valence-corrected chi connectivity index (χ3v) is 3.97. The lowest BCUT2D eigenvalue weighted by Crippen LogP contribution is -2.40. The highest BCUT2D eigenvalue weighted by atomic mass is 16.2. The Kier molecular flexibility index (Phi) is 4.43. The predicted octanol–water partition coefficient (Wildman–Crippen LogP) is -1.12. The van der Waals surface area contributed by atoms with Crippen LogP contribution in [0.5, 0.6) is 0 Å². The van der Waals surface area contributed by atoms with Crippen molar-refractivity contribution in [1.82, 2.24) is 15.2 Å². The molecule has 1 aliphatic carbocycles. The van der Waals surface area contributed by atoms with Gasteiger partial charge in [0.2, 0.25) is 17.7 Å². The first-order chi connectivity index (χ1) is 10.3. The van der Waals surface area contributed by atoms with Gasteiger partial charge in [-0.3, -0.25) is 19.3 Å². The molecule has 1 saturated heterocycles. The van der Waals surface area contributed by atoms with Crippen LogP contribution in [0.2, 0.25) is 0 Å². The van der Waals surface area contributed by atoms with Crippen molar-refractivity contribution in [2.45, 2.75) is 19.3 Å². The predicted molar refractivity (Wildman–Crippen MR) is 76.4 cm³/mol. The summed E-state index contributed by atoms with van der Waals surface area (Å²) in [5.41, 5.74) is 7.70. The molecule has 2 aliphatic rings. The zero-order valence-corrected chi connectivity index (χ0v) is 12.5. The molecule has 2 rings (SSSR count). The Morgan fingerprint density at radius 2 is 1.95 bits per heavy atom. The topological polar surface area (TPSA) is 125 Å². The van der Waals surface area contributed by atoms with E-state index < -0.39 is 17.9 Å².